The third-order valence-corrected chi connectivity index (χ3v) is 5.56. The van der Waals surface area contributed by atoms with Crippen LogP contribution >= 0.6 is 12.2 Å². The monoisotopic (exact) mass is 335 g/mol. The maximum Gasteiger partial charge on any atom is 0.0821 e. The van der Waals surface area contributed by atoms with Crippen LogP contribution in [0.4, 0.5) is 0 Å². The fraction of sp³-hybridized carbons (Fsp3) is 0.318. The second-order valence-electron chi connectivity index (χ2n) is 6.60. The van der Waals surface area contributed by atoms with Crippen LogP contribution in [0, 0.1) is 5.92 Å². The Morgan fingerprint density at radius 3 is 1.92 bits per heavy atom. The molecule has 1 aliphatic rings. The van der Waals surface area contributed by atoms with Crippen molar-refractivity contribution in [2.45, 2.75) is 38.3 Å². The van der Waals surface area contributed by atoms with Gasteiger partial charge in [0.25, 0.3) is 0 Å². The molecule has 0 spiro atoms. The molecule has 1 aliphatic heterocycles. The molecule has 24 heavy (non-hydrogen) atoms. The Morgan fingerprint density at radius 1 is 1.04 bits per heavy atom. The van der Waals surface area contributed by atoms with Crippen molar-refractivity contribution in [1.29, 1.82) is 0 Å². The second-order valence-corrected chi connectivity index (χ2v) is 7.02. The van der Waals surface area contributed by atoms with E-state index in [0.717, 1.165) is 24.3 Å². The summed E-state index contributed by atoms with van der Waals surface area (Å²) in [4.78, 5) is 3.56. The Bertz CT molecular complexity index is 632. The standard InChI is InChI=1S/C22H25NS/c1-3-10-17(2)22(24)23-20(18-11-6-4-7-12-18)15-16-21(23)19-13-8-5-9-14-19/h3-9,11-14,17,20-21H,1,10,15-16H2,2H3/t17-,20-,21-/m1/s1. The quantitative estimate of drug-likeness (QED) is 0.479. The average molecular weight is 336 g/mol. The number of benzene rings is 2. The van der Waals surface area contributed by atoms with Gasteiger partial charge in [-0.2, -0.15) is 0 Å². The summed E-state index contributed by atoms with van der Waals surface area (Å²) in [5.41, 5.74) is 2.73. The van der Waals surface area contributed by atoms with Crippen LogP contribution in [0.2, 0.25) is 0 Å². The highest BCUT2D eigenvalue weighted by atomic mass is 32.1. The zero-order valence-corrected chi connectivity index (χ0v) is 15.1. The topological polar surface area (TPSA) is 3.24 Å². The largest absolute Gasteiger partial charge is 0.352 e. The lowest BCUT2D eigenvalue weighted by atomic mass is 10.0. The summed E-state index contributed by atoms with van der Waals surface area (Å²) in [5, 5.41) is 0. The normalized spacial score (nSPS) is 21.5. The minimum Gasteiger partial charge on any atom is -0.352 e. The summed E-state index contributed by atoms with van der Waals surface area (Å²) in [7, 11) is 0. The molecule has 1 heterocycles. The van der Waals surface area contributed by atoms with E-state index in [0.29, 0.717) is 18.0 Å². The molecular formula is C22H25NS. The van der Waals surface area contributed by atoms with Crippen molar-refractivity contribution in [3.63, 3.8) is 0 Å². The maximum absolute atomic E-state index is 5.93. The fourth-order valence-corrected chi connectivity index (χ4v) is 4.08. The molecule has 0 N–H and O–H groups in total. The Morgan fingerprint density at radius 2 is 1.50 bits per heavy atom. The molecule has 1 nitrogen and oxygen atoms in total. The molecule has 2 aromatic carbocycles. The van der Waals surface area contributed by atoms with Crippen LogP contribution in [0.1, 0.15) is 49.4 Å². The first-order chi connectivity index (χ1) is 11.7. The Balaban J connectivity index is 1.95. The van der Waals surface area contributed by atoms with Gasteiger partial charge in [0, 0.05) is 5.92 Å². The van der Waals surface area contributed by atoms with Gasteiger partial charge < -0.3 is 4.90 Å². The van der Waals surface area contributed by atoms with E-state index < -0.39 is 0 Å². The van der Waals surface area contributed by atoms with Gasteiger partial charge in [-0.3, -0.25) is 0 Å². The van der Waals surface area contributed by atoms with Crippen molar-refractivity contribution in [3.8, 4) is 0 Å². The highest BCUT2D eigenvalue weighted by molar-refractivity contribution is 7.80. The van der Waals surface area contributed by atoms with E-state index in [4.69, 9.17) is 12.2 Å². The van der Waals surface area contributed by atoms with Crippen LogP contribution in [0.15, 0.2) is 73.3 Å². The minimum absolute atomic E-state index is 0.341. The van der Waals surface area contributed by atoms with Crippen LogP contribution < -0.4 is 0 Å². The zero-order chi connectivity index (χ0) is 16.9. The van der Waals surface area contributed by atoms with Gasteiger partial charge in [0.05, 0.1) is 17.1 Å². The van der Waals surface area contributed by atoms with E-state index >= 15 is 0 Å². The molecule has 0 aliphatic carbocycles. The summed E-state index contributed by atoms with van der Waals surface area (Å²) in [6.07, 6.45) is 5.19. The highest BCUT2D eigenvalue weighted by Crippen LogP contribution is 2.45. The van der Waals surface area contributed by atoms with Crippen LogP contribution in [0.5, 0.6) is 0 Å². The van der Waals surface area contributed by atoms with Crippen LogP contribution in [0.3, 0.4) is 0 Å². The van der Waals surface area contributed by atoms with Gasteiger partial charge in [-0.25, -0.2) is 0 Å². The van der Waals surface area contributed by atoms with E-state index in [-0.39, 0.29) is 0 Å². The molecule has 1 saturated heterocycles. The summed E-state index contributed by atoms with van der Waals surface area (Å²) in [6.45, 7) is 6.10. The number of thiocarbonyl (C=S) groups is 1. The molecule has 0 amide bonds. The number of hydrogen-bond acceptors (Lipinski definition) is 1. The average Bonchev–Trinajstić information content (AvgIpc) is 3.07. The molecule has 2 heteroatoms. The van der Waals surface area contributed by atoms with E-state index in [1.807, 2.05) is 6.08 Å². The summed E-state index contributed by atoms with van der Waals surface area (Å²) in [5.74, 6) is 0.341. The number of nitrogens with zero attached hydrogens (tertiary/aromatic N) is 1. The van der Waals surface area contributed by atoms with E-state index in [2.05, 4.69) is 79.1 Å². The molecular weight excluding hydrogens is 310 g/mol. The van der Waals surface area contributed by atoms with Crippen LogP contribution in [-0.2, 0) is 0 Å². The van der Waals surface area contributed by atoms with E-state index in [9.17, 15) is 0 Å². The first-order valence-electron chi connectivity index (χ1n) is 8.75. The number of allylic oxidation sites excluding steroid dienone is 1. The van der Waals surface area contributed by atoms with Crippen molar-refractivity contribution in [1.82, 2.24) is 4.90 Å². The molecule has 3 rings (SSSR count). The van der Waals surface area contributed by atoms with Crippen LogP contribution in [-0.4, -0.2) is 9.89 Å². The van der Waals surface area contributed by atoms with Crippen molar-refractivity contribution in [2.24, 2.45) is 5.92 Å². The van der Waals surface area contributed by atoms with Gasteiger partial charge in [-0.05, 0) is 30.4 Å². The lowest BCUT2D eigenvalue weighted by Gasteiger charge is -2.35. The van der Waals surface area contributed by atoms with Crippen molar-refractivity contribution in [3.05, 3.63) is 84.4 Å². The SMILES string of the molecule is C=CC[C@@H](C)C(=S)N1[C@@H](c2ccccc2)CC[C@@H]1c1ccccc1. The fourth-order valence-electron chi connectivity index (χ4n) is 3.73. The molecule has 3 atom stereocenters. The van der Waals surface area contributed by atoms with Gasteiger partial charge >= 0.3 is 0 Å². The van der Waals surface area contributed by atoms with Crippen molar-refractivity contribution < 1.29 is 0 Å². The second kappa shape index (κ2) is 7.76. The Hall–Kier alpha value is -1.93. The maximum atomic E-state index is 5.93. The van der Waals surface area contributed by atoms with Crippen molar-refractivity contribution in [2.75, 3.05) is 0 Å². The predicted molar refractivity (Wildman–Crippen MR) is 106 cm³/mol. The van der Waals surface area contributed by atoms with E-state index in [1.54, 1.807) is 0 Å². The number of likely N-dealkylation sites (tertiary alicyclic amines) is 1. The molecule has 0 radical (unpaired) electrons. The van der Waals surface area contributed by atoms with Crippen LogP contribution in [0.25, 0.3) is 0 Å². The highest BCUT2D eigenvalue weighted by Gasteiger charge is 2.37. The smallest absolute Gasteiger partial charge is 0.0821 e. The lowest BCUT2D eigenvalue weighted by molar-refractivity contribution is 0.313. The molecule has 0 bridgehead atoms. The van der Waals surface area contributed by atoms with Gasteiger partial charge in [-0.1, -0.05) is 85.9 Å². The number of hydrogen-bond donors (Lipinski definition) is 0. The minimum atomic E-state index is 0.341. The molecule has 0 aromatic heterocycles. The number of rotatable bonds is 5. The summed E-state index contributed by atoms with van der Waals surface area (Å²) in [6, 6.07) is 22.3. The molecule has 2 aromatic rings. The third kappa shape index (κ3) is 3.44. The van der Waals surface area contributed by atoms with Gasteiger partial charge in [-0.15, -0.1) is 6.58 Å². The molecule has 1 fully saturated rings. The molecule has 124 valence electrons. The van der Waals surface area contributed by atoms with Gasteiger partial charge in [0.15, 0.2) is 0 Å². The van der Waals surface area contributed by atoms with Crippen molar-refractivity contribution >= 4 is 17.2 Å². The predicted octanol–water partition coefficient (Wildman–Crippen LogP) is 6.10. The first-order valence-corrected chi connectivity index (χ1v) is 9.16. The molecule has 0 saturated carbocycles. The third-order valence-electron chi connectivity index (χ3n) is 4.95. The van der Waals surface area contributed by atoms with E-state index in [1.165, 1.54) is 11.1 Å². The first kappa shape index (κ1) is 16.9. The Labute approximate surface area is 151 Å². The van der Waals surface area contributed by atoms with Gasteiger partial charge in [0.1, 0.15) is 0 Å². The summed E-state index contributed by atoms with van der Waals surface area (Å²) < 4.78 is 0. The summed E-state index contributed by atoms with van der Waals surface area (Å²) >= 11 is 5.93. The zero-order valence-electron chi connectivity index (χ0n) is 14.3. The van der Waals surface area contributed by atoms with Gasteiger partial charge in [0.2, 0.25) is 0 Å². The Kier molecular flexibility index (Phi) is 5.47. The molecule has 0 unspecified atom stereocenters. The lowest BCUT2D eigenvalue weighted by Crippen LogP contribution is -2.35.